The summed E-state index contributed by atoms with van der Waals surface area (Å²) in [5.41, 5.74) is 0.460. The average molecular weight is 518 g/mol. The van der Waals surface area contributed by atoms with Crippen LogP contribution in [0.3, 0.4) is 0 Å². The Kier molecular flexibility index (Phi) is 8.58. The number of aliphatic hydroxyl groups is 2. The summed E-state index contributed by atoms with van der Waals surface area (Å²) in [5.74, 6) is -4.02. The third kappa shape index (κ3) is 6.13. The number of alkyl halides is 5. The molecule has 11 heteroatoms. The highest BCUT2D eigenvalue weighted by Crippen LogP contribution is 2.42. The summed E-state index contributed by atoms with van der Waals surface area (Å²) in [6.07, 6.45) is -13.9. The standard InChI is InChI=1S/C25H27F5O6/c1-3-14-5-7-15(8-6-14)11-17-12-16(9-10-18(17)25(28,29)30)21-20(31)22(32)24(26,27)19(36-21)13-35-23(33)34-4-2/h5-10,12,19-22,31-32H,3-4,11,13H2,1-2H3. The van der Waals surface area contributed by atoms with Crippen LogP contribution in [0.4, 0.5) is 26.7 Å². The van der Waals surface area contributed by atoms with E-state index in [0.717, 1.165) is 30.2 Å². The van der Waals surface area contributed by atoms with E-state index in [4.69, 9.17) is 4.74 Å². The molecule has 0 aliphatic carbocycles. The Morgan fingerprint density at radius 1 is 1.03 bits per heavy atom. The predicted molar refractivity (Wildman–Crippen MR) is 118 cm³/mol. The van der Waals surface area contributed by atoms with E-state index < -0.39 is 54.8 Å². The Balaban J connectivity index is 1.93. The molecule has 0 saturated carbocycles. The molecule has 2 aromatic carbocycles. The molecule has 1 fully saturated rings. The van der Waals surface area contributed by atoms with Gasteiger partial charge in [-0.3, -0.25) is 0 Å². The van der Waals surface area contributed by atoms with Gasteiger partial charge in [-0.25, -0.2) is 13.6 Å². The van der Waals surface area contributed by atoms with Crippen LogP contribution in [0.15, 0.2) is 42.5 Å². The van der Waals surface area contributed by atoms with E-state index in [1.807, 2.05) is 6.92 Å². The third-order valence-corrected chi connectivity index (χ3v) is 5.97. The van der Waals surface area contributed by atoms with Crippen LogP contribution in [-0.4, -0.2) is 53.8 Å². The first-order valence-electron chi connectivity index (χ1n) is 11.3. The van der Waals surface area contributed by atoms with Crippen LogP contribution in [-0.2, 0) is 33.2 Å². The zero-order chi connectivity index (χ0) is 26.7. The summed E-state index contributed by atoms with van der Waals surface area (Å²) in [7, 11) is 0. The number of aryl methyl sites for hydroxylation is 1. The Morgan fingerprint density at radius 3 is 2.25 bits per heavy atom. The summed E-state index contributed by atoms with van der Waals surface area (Å²) in [6.45, 7) is 2.34. The van der Waals surface area contributed by atoms with Gasteiger partial charge in [-0.2, -0.15) is 13.2 Å². The number of benzene rings is 2. The van der Waals surface area contributed by atoms with E-state index in [1.54, 1.807) is 24.3 Å². The number of carbonyl (C=O) groups excluding carboxylic acids is 1. The van der Waals surface area contributed by atoms with E-state index in [0.29, 0.717) is 5.56 Å². The van der Waals surface area contributed by atoms with Gasteiger partial charge in [-0.1, -0.05) is 43.3 Å². The molecule has 1 saturated heterocycles. The molecule has 36 heavy (non-hydrogen) atoms. The highest BCUT2D eigenvalue weighted by Gasteiger charge is 2.58. The maximum absolute atomic E-state index is 14.6. The van der Waals surface area contributed by atoms with Crippen molar-refractivity contribution in [2.24, 2.45) is 0 Å². The molecular formula is C25H27F5O6. The predicted octanol–water partition coefficient (Wildman–Crippen LogP) is 4.83. The van der Waals surface area contributed by atoms with Crippen molar-refractivity contribution in [3.63, 3.8) is 0 Å². The normalized spacial score (nSPS) is 23.8. The monoisotopic (exact) mass is 518 g/mol. The van der Waals surface area contributed by atoms with Crippen molar-refractivity contribution in [2.75, 3.05) is 13.2 Å². The van der Waals surface area contributed by atoms with Crippen LogP contribution in [0, 0.1) is 0 Å². The van der Waals surface area contributed by atoms with Gasteiger partial charge >= 0.3 is 18.3 Å². The molecule has 1 heterocycles. The summed E-state index contributed by atoms with van der Waals surface area (Å²) in [5, 5.41) is 20.4. The number of hydrogen-bond donors (Lipinski definition) is 2. The first-order valence-corrected chi connectivity index (χ1v) is 11.3. The van der Waals surface area contributed by atoms with E-state index in [1.165, 1.54) is 6.92 Å². The molecule has 0 aromatic heterocycles. The number of hydrogen-bond acceptors (Lipinski definition) is 6. The summed E-state index contributed by atoms with van der Waals surface area (Å²) in [6, 6.07) is 9.89. The lowest BCUT2D eigenvalue weighted by molar-refractivity contribution is -0.296. The molecule has 0 bridgehead atoms. The molecule has 0 radical (unpaired) electrons. The van der Waals surface area contributed by atoms with Gasteiger partial charge in [0.15, 0.2) is 6.10 Å². The lowest BCUT2D eigenvalue weighted by Gasteiger charge is -2.42. The number of rotatable bonds is 7. The molecule has 4 unspecified atom stereocenters. The van der Waals surface area contributed by atoms with E-state index in [-0.39, 0.29) is 24.2 Å². The molecule has 0 amide bonds. The summed E-state index contributed by atoms with van der Waals surface area (Å²) < 4.78 is 84.7. The topological polar surface area (TPSA) is 85.2 Å². The quantitative estimate of drug-likeness (QED) is 0.404. The minimum absolute atomic E-state index is 0.0497. The Labute approximate surface area is 204 Å². The van der Waals surface area contributed by atoms with Crippen LogP contribution in [0.2, 0.25) is 0 Å². The zero-order valence-corrected chi connectivity index (χ0v) is 19.6. The van der Waals surface area contributed by atoms with Gasteiger partial charge in [0.05, 0.1) is 12.2 Å². The third-order valence-electron chi connectivity index (χ3n) is 5.97. The molecule has 198 valence electrons. The molecule has 1 aliphatic heterocycles. The highest BCUT2D eigenvalue weighted by molar-refractivity contribution is 5.59. The molecule has 4 atom stereocenters. The van der Waals surface area contributed by atoms with Crippen molar-refractivity contribution in [1.82, 2.24) is 0 Å². The SMILES string of the molecule is CCOC(=O)OCC1OC(c2ccc(C(F)(F)F)c(Cc3ccc(CC)cc3)c2)C(O)C(O)C1(F)F. The van der Waals surface area contributed by atoms with Gasteiger partial charge in [0.2, 0.25) is 0 Å². The first kappa shape index (κ1) is 27.8. The van der Waals surface area contributed by atoms with Crippen molar-refractivity contribution in [3.05, 3.63) is 70.3 Å². The van der Waals surface area contributed by atoms with Gasteiger partial charge in [0.25, 0.3) is 0 Å². The lowest BCUT2D eigenvalue weighted by atomic mass is 9.88. The second kappa shape index (κ2) is 11.1. The van der Waals surface area contributed by atoms with Crippen molar-refractivity contribution >= 4 is 6.16 Å². The van der Waals surface area contributed by atoms with E-state index >= 15 is 0 Å². The maximum atomic E-state index is 14.6. The van der Waals surface area contributed by atoms with Crippen LogP contribution in [0.1, 0.15) is 47.8 Å². The number of carbonyl (C=O) groups is 1. The lowest BCUT2D eigenvalue weighted by Crippen LogP contribution is -2.60. The fourth-order valence-electron chi connectivity index (χ4n) is 3.99. The van der Waals surface area contributed by atoms with Crippen molar-refractivity contribution in [3.8, 4) is 0 Å². The number of ether oxygens (including phenoxy) is 3. The minimum atomic E-state index is -4.69. The molecule has 0 spiro atoms. The molecule has 6 nitrogen and oxygen atoms in total. The largest absolute Gasteiger partial charge is 0.508 e. The molecule has 2 aromatic rings. The molecule has 1 aliphatic rings. The Hall–Kier alpha value is -2.76. The van der Waals surface area contributed by atoms with Crippen molar-refractivity contribution in [1.29, 1.82) is 0 Å². The number of aliphatic hydroxyl groups excluding tert-OH is 2. The van der Waals surface area contributed by atoms with E-state index in [9.17, 15) is 37.0 Å². The second-order valence-electron chi connectivity index (χ2n) is 8.41. The van der Waals surface area contributed by atoms with Crippen molar-refractivity contribution < 1.29 is 51.2 Å². The van der Waals surface area contributed by atoms with Gasteiger partial charge < -0.3 is 24.4 Å². The smallest absolute Gasteiger partial charge is 0.435 e. The maximum Gasteiger partial charge on any atom is 0.508 e. The molecule has 3 rings (SSSR count). The second-order valence-corrected chi connectivity index (χ2v) is 8.41. The van der Waals surface area contributed by atoms with E-state index in [2.05, 4.69) is 9.47 Å². The van der Waals surface area contributed by atoms with Crippen LogP contribution in [0.5, 0.6) is 0 Å². The summed E-state index contributed by atoms with van der Waals surface area (Å²) >= 11 is 0. The zero-order valence-electron chi connectivity index (χ0n) is 19.6. The first-order chi connectivity index (χ1) is 16.9. The Bertz CT molecular complexity index is 1040. The molecular weight excluding hydrogens is 491 g/mol. The molecule has 2 N–H and O–H groups in total. The minimum Gasteiger partial charge on any atom is -0.435 e. The van der Waals surface area contributed by atoms with Gasteiger partial charge in [0, 0.05) is 0 Å². The van der Waals surface area contributed by atoms with Crippen LogP contribution in [0.25, 0.3) is 0 Å². The number of halogens is 5. The fourth-order valence-corrected chi connectivity index (χ4v) is 3.99. The summed E-state index contributed by atoms with van der Waals surface area (Å²) in [4.78, 5) is 11.4. The van der Waals surface area contributed by atoms with Crippen molar-refractivity contribution in [2.45, 2.75) is 63.2 Å². The van der Waals surface area contributed by atoms with Crippen LogP contribution < -0.4 is 0 Å². The van der Waals surface area contributed by atoms with Crippen LogP contribution >= 0.6 is 0 Å². The average Bonchev–Trinajstić information content (AvgIpc) is 2.82. The highest BCUT2D eigenvalue weighted by atomic mass is 19.4. The fraction of sp³-hybridized carbons (Fsp3) is 0.480. The van der Waals surface area contributed by atoms with Gasteiger partial charge in [-0.15, -0.1) is 0 Å². The van der Waals surface area contributed by atoms with Gasteiger partial charge in [-0.05, 0) is 48.1 Å². The van der Waals surface area contributed by atoms with Gasteiger partial charge in [0.1, 0.15) is 24.9 Å². The Morgan fingerprint density at radius 2 is 1.67 bits per heavy atom.